The van der Waals surface area contributed by atoms with E-state index in [2.05, 4.69) is 15.9 Å². The van der Waals surface area contributed by atoms with Gasteiger partial charge in [0.2, 0.25) is 0 Å². The van der Waals surface area contributed by atoms with Crippen LogP contribution in [0.4, 0.5) is 4.39 Å². The van der Waals surface area contributed by atoms with Crippen molar-refractivity contribution in [2.45, 2.75) is 56.4 Å². The molecule has 1 spiro atoms. The highest BCUT2D eigenvalue weighted by Gasteiger charge is 2.55. The summed E-state index contributed by atoms with van der Waals surface area (Å²) in [6, 6.07) is 4.81. The molecule has 2 unspecified atom stereocenters. The molecule has 2 fully saturated rings. The van der Waals surface area contributed by atoms with Crippen LogP contribution < -0.4 is 4.74 Å². The van der Waals surface area contributed by atoms with Crippen LogP contribution in [0, 0.1) is 18.2 Å². The van der Waals surface area contributed by atoms with E-state index in [-0.39, 0.29) is 17.3 Å². The highest BCUT2D eigenvalue weighted by molar-refractivity contribution is 9.09. The lowest BCUT2D eigenvalue weighted by molar-refractivity contribution is -0.0605. The maximum absolute atomic E-state index is 13.3. The summed E-state index contributed by atoms with van der Waals surface area (Å²) < 4.78 is 19.5. The van der Waals surface area contributed by atoms with Crippen LogP contribution in [0.1, 0.15) is 44.1 Å². The van der Waals surface area contributed by atoms with Crippen LogP contribution in [-0.4, -0.2) is 10.9 Å². The molecule has 3 heteroatoms. The zero-order valence-electron chi connectivity index (χ0n) is 11.3. The highest BCUT2D eigenvalue weighted by atomic mass is 79.9. The fourth-order valence-electron chi connectivity index (χ4n) is 3.56. The van der Waals surface area contributed by atoms with E-state index < -0.39 is 0 Å². The third kappa shape index (κ3) is 2.31. The van der Waals surface area contributed by atoms with Crippen molar-refractivity contribution in [1.29, 1.82) is 0 Å². The van der Waals surface area contributed by atoms with Gasteiger partial charge in [0.25, 0.3) is 0 Å². The number of aryl methyl sites for hydroxylation is 1. The maximum atomic E-state index is 13.3. The van der Waals surface area contributed by atoms with Gasteiger partial charge in [-0.2, -0.15) is 0 Å². The SMILES string of the molecule is Cc1ccc(F)cc1OC1CC(Br)C12CCCCC2. The topological polar surface area (TPSA) is 9.23 Å². The van der Waals surface area contributed by atoms with Crippen LogP contribution in [0.25, 0.3) is 0 Å². The van der Waals surface area contributed by atoms with Crippen LogP contribution in [0.15, 0.2) is 18.2 Å². The van der Waals surface area contributed by atoms with Gasteiger partial charge in [-0.25, -0.2) is 4.39 Å². The minimum absolute atomic E-state index is 0.215. The van der Waals surface area contributed by atoms with Crippen LogP contribution in [-0.2, 0) is 0 Å². The summed E-state index contributed by atoms with van der Waals surface area (Å²) in [6.45, 7) is 1.98. The molecule has 0 radical (unpaired) electrons. The second kappa shape index (κ2) is 5.08. The zero-order chi connectivity index (χ0) is 13.5. The molecule has 1 aromatic rings. The molecule has 1 aromatic carbocycles. The normalized spacial score (nSPS) is 29.0. The largest absolute Gasteiger partial charge is 0.489 e. The summed E-state index contributed by atoms with van der Waals surface area (Å²) in [5, 5.41) is 0. The molecule has 104 valence electrons. The summed E-state index contributed by atoms with van der Waals surface area (Å²) in [6.07, 6.45) is 7.69. The minimum Gasteiger partial charge on any atom is -0.489 e. The molecular weight excluding hydrogens is 307 g/mol. The van der Waals surface area contributed by atoms with Gasteiger partial charge in [-0.1, -0.05) is 41.3 Å². The summed E-state index contributed by atoms with van der Waals surface area (Å²) in [4.78, 5) is 0.569. The number of hydrogen-bond acceptors (Lipinski definition) is 1. The molecular formula is C16H20BrFO. The Kier molecular flexibility index (Phi) is 3.59. The van der Waals surface area contributed by atoms with E-state index in [1.54, 1.807) is 6.07 Å². The highest BCUT2D eigenvalue weighted by Crippen LogP contribution is 2.56. The summed E-state index contributed by atoms with van der Waals surface area (Å²) in [5.41, 5.74) is 1.31. The first kappa shape index (κ1) is 13.4. The zero-order valence-corrected chi connectivity index (χ0v) is 12.9. The number of rotatable bonds is 2. The molecule has 2 saturated carbocycles. The summed E-state index contributed by atoms with van der Waals surface area (Å²) in [5.74, 6) is 0.502. The molecule has 2 atom stereocenters. The standard InChI is InChI=1S/C16H20BrFO/c1-11-5-6-12(18)9-13(11)19-15-10-14(17)16(15)7-3-2-4-8-16/h5-6,9,14-15H,2-4,7-8,10H2,1H3. The van der Waals surface area contributed by atoms with Gasteiger partial charge < -0.3 is 4.74 Å². The van der Waals surface area contributed by atoms with Gasteiger partial charge >= 0.3 is 0 Å². The molecule has 0 bridgehead atoms. The lowest BCUT2D eigenvalue weighted by atomic mass is 9.58. The van der Waals surface area contributed by atoms with Crippen molar-refractivity contribution in [2.24, 2.45) is 5.41 Å². The van der Waals surface area contributed by atoms with Crippen LogP contribution >= 0.6 is 15.9 Å². The molecule has 0 aliphatic heterocycles. The van der Waals surface area contributed by atoms with Gasteiger partial charge in [0.15, 0.2) is 0 Å². The Morgan fingerprint density at radius 3 is 2.68 bits per heavy atom. The van der Waals surface area contributed by atoms with E-state index >= 15 is 0 Å². The Labute approximate surface area is 122 Å². The Hall–Kier alpha value is -0.570. The lowest BCUT2D eigenvalue weighted by Gasteiger charge is -2.55. The molecule has 0 heterocycles. The van der Waals surface area contributed by atoms with Crippen molar-refractivity contribution >= 4 is 15.9 Å². The van der Waals surface area contributed by atoms with Crippen LogP contribution in [0.5, 0.6) is 5.75 Å². The van der Waals surface area contributed by atoms with E-state index in [0.29, 0.717) is 10.6 Å². The van der Waals surface area contributed by atoms with Gasteiger partial charge in [0, 0.05) is 16.3 Å². The fraction of sp³-hybridized carbons (Fsp3) is 0.625. The van der Waals surface area contributed by atoms with Crippen molar-refractivity contribution < 1.29 is 9.13 Å². The molecule has 3 rings (SSSR count). The van der Waals surface area contributed by atoms with Crippen molar-refractivity contribution in [3.8, 4) is 5.75 Å². The summed E-state index contributed by atoms with van der Waals surface area (Å²) >= 11 is 3.81. The molecule has 2 aliphatic carbocycles. The lowest BCUT2D eigenvalue weighted by Crippen LogP contribution is -2.57. The van der Waals surface area contributed by atoms with E-state index in [9.17, 15) is 4.39 Å². The molecule has 1 nitrogen and oxygen atoms in total. The van der Waals surface area contributed by atoms with Gasteiger partial charge in [0.1, 0.15) is 17.7 Å². The van der Waals surface area contributed by atoms with Crippen LogP contribution in [0.2, 0.25) is 0 Å². The second-order valence-corrected chi connectivity index (χ2v) is 7.12. The third-order valence-corrected chi connectivity index (χ3v) is 6.18. The van der Waals surface area contributed by atoms with Crippen molar-refractivity contribution in [1.82, 2.24) is 0 Å². The van der Waals surface area contributed by atoms with Gasteiger partial charge in [-0.15, -0.1) is 0 Å². The number of ether oxygens (including phenoxy) is 1. The Bertz CT molecular complexity index is 468. The number of halogens is 2. The van der Waals surface area contributed by atoms with Gasteiger partial charge in [0.05, 0.1) is 0 Å². The predicted octanol–water partition coefficient (Wildman–Crippen LogP) is 5.00. The first-order chi connectivity index (χ1) is 9.12. The molecule has 0 amide bonds. The van der Waals surface area contributed by atoms with Gasteiger partial charge in [-0.3, -0.25) is 0 Å². The van der Waals surface area contributed by atoms with Crippen LogP contribution in [0.3, 0.4) is 0 Å². The number of benzene rings is 1. The average molecular weight is 327 g/mol. The smallest absolute Gasteiger partial charge is 0.126 e. The predicted molar refractivity (Wildman–Crippen MR) is 78.4 cm³/mol. The van der Waals surface area contributed by atoms with Crippen molar-refractivity contribution in [2.75, 3.05) is 0 Å². The Balaban J connectivity index is 1.78. The molecule has 0 N–H and O–H groups in total. The number of alkyl halides is 1. The third-order valence-electron chi connectivity index (χ3n) is 4.89. The molecule has 0 aromatic heterocycles. The van der Waals surface area contributed by atoms with Gasteiger partial charge in [-0.05, 0) is 37.8 Å². The van der Waals surface area contributed by atoms with E-state index in [1.807, 2.05) is 6.92 Å². The monoisotopic (exact) mass is 326 g/mol. The summed E-state index contributed by atoms with van der Waals surface area (Å²) in [7, 11) is 0. The van der Waals surface area contributed by atoms with Crippen molar-refractivity contribution in [3.05, 3.63) is 29.6 Å². The molecule has 19 heavy (non-hydrogen) atoms. The molecule has 2 aliphatic rings. The number of hydrogen-bond donors (Lipinski definition) is 0. The molecule has 0 saturated heterocycles. The Morgan fingerprint density at radius 2 is 2.00 bits per heavy atom. The first-order valence-electron chi connectivity index (χ1n) is 7.19. The minimum atomic E-state index is -0.215. The maximum Gasteiger partial charge on any atom is 0.126 e. The van der Waals surface area contributed by atoms with E-state index in [4.69, 9.17) is 4.74 Å². The second-order valence-electron chi connectivity index (χ2n) is 6.01. The van der Waals surface area contributed by atoms with E-state index in [1.165, 1.54) is 44.2 Å². The van der Waals surface area contributed by atoms with Crippen molar-refractivity contribution in [3.63, 3.8) is 0 Å². The fourth-order valence-corrected chi connectivity index (χ4v) is 4.66. The quantitative estimate of drug-likeness (QED) is 0.695. The first-order valence-corrected chi connectivity index (χ1v) is 8.10. The Morgan fingerprint density at radius 1 is 1.26 bits per heavy atom. The average Bonchev–Trinajstić information content (AvgIpc) is 2.43. The van der Waals surface area contributed by atoms with E-state index in [0.717, 1.165) is 12.0 Å².